The number of rotatable bonds is 2. The summed E-state index contributed by atoms with van der Waals surface area (Å²) in [6.45, 7) is 0. The molecule has 88 valence electrons. The van der Waals surface area contributed by atoms with Crippen molar-refractivity contribution in [2.45, 2.75) is 0 Å². The number of hydrogen-bond acceptors (Lipinski definition) is 4. The number of carbonyl (C=O) groups is 1. The van der Waals surface area contributed by atoms with Crippen molar-refractivity contribution in [2.24, 2.45) is 5.84 Å². The van der Waals surface area contributed by atoms with Crippen molar-refractivity contribution >= 4 is 16.8 Å². The zero-order chi connectivity index (χ0) is 12.4. The van der Waals surface area contributed by atoms with Gasteiger partial charge in [0.05, 0.1) is 12.6 Å². The number of aromatic amines is 1. The van der Waals surface area contributed by atoms with Gasteiger partial charge in [-0.3, -0.25) is 15.0 Å². The fourth-order valence-electron chi connectivity index (χ4n) is 1.57. The van der Waals surface area contributed by atoms with Gasteiger partial charge in [-0.1, -0.05) is 0 Å². The maximum absolute atomic E-state index is 12.0. The molecule has 0 atom stereocenters. The van der Waals surface area contributed by atoms with E-state index in [0.29, 0.717) is 16.7 Å². The van der Waals surface area contributed by atoms with Gasteiger partial charge in [0.15, 0.2) is 0 Å². The molecule has 0 aliphatic carbocycles. The second-order valence-electron chi connectivity index (χ2n) is 3.42. The topological polar surface area (TPSA) is 97.2 Å². The Kier molecular flexibility index (Phi) is 2.80. The monoisotopic (exact) mass is 233 g/mol. The Morgan fingerprint density at radius 3 is 2.88 bits per heavy atom. The van der Waals surface area contributed by atoms with Crippen LogP contribution in [0.3, 0.4) is 0 Å². The predicted molar refractivity (Wildman–Crippen MR) is 62.8 cm³/mol. The Morgan fingerprint density at radius 2 is 2.24 bits per heavy atom. The lowest BCUT2D eigenvalue weighted by molar-refractivity contribution is 0.0952. The average Bonchev–Trinajstić information content (AvgIpc) is 2.38. The molecule has 6 heteroatoms. The number of carbonyl (C=O) groups excluding carboxylic acids is 1. The minimum atomic E-state index is -0.621. The molecule has 0 bridgehead atoms. The number of methoxy groups -OCH3 is 1. The molecule has 17 heavy (non-hydrogen) atoms. The SMILES string of the molecule is COc1ccc2c(=O)c(C(=O)NN)c[nH]c2c1. The van der Waals surface area contributed by atoms with Crippen LogP contribution >= 0.6 is 0 Å². The number of amides is 1. The number of nitrogens with two attached hydrogens (primary N) is 1. The van der Waals surface area contributed by atoms with Crippen LogP contribution in [0.15, 0.2) is 29.2 Å². The first-order chi connectivity index (χ1) is 8.17. The molecule has 0 fully saturated rings. The zero-order valence-corrected chi connectivity index (χ0v) is 9.11. The molecule has 0 unspecified atom stereocenters. The van der Waals surface area contributed by atoms with Gasteiger partial charge in [-0.15, -0.1) is 0 Å². The molecular weight excluding hydrogens is 222 g/mol. The number of H-pyrrole nitrogens is 1. The molecule has 0 radical (unpaired) electrons. The summed E-state index contributed by atoms with van der Waals surface area (Å²) in [6, 6.07) is 4.93. The van der Waals surface area contributed by atoms with Gasteiger partial charge in [0.1, 0.15) is 11.3 Å². The molecule has 6 nitrogen and oxygen atoms in total. The number of benzene rings is 1. The van der Waals surface area contributed by atoms with Crippen LogP contribution in [0.25, 0.3) is 10.9 Å². The standard InChI is InChI=1S/C11H11N3O3/c1-17-6-2-3-7-9(4-6)13-5-8(10(7)15)11(16)14-12/h2-5H,12H2,1H3,(H,13,15)(H,14,16). The van der Waals surface area contributed by atoms with Crippen molar-refractivity contribution in [1.82, 2.24) is 10.4 Å². The van der Waals surface area contributed by atoms with Crippen LogP contribution in [0.4, 0.5) is 0 Å². The van der Waals surface area contributed by atoms with E-state index in [0.717, 1.165) is 0 Å². The minimum Gasteiger partial charge on any atom is -0.497 e. The lowest BCUT2D eigenvalue weighted by Gasteiger charge is -2.04. The summed E-state index contributed by atoms with van der Waals surface area (Å²) in [7, 11) is 1.54. The first-order valence-electron chi connectivity index (χ1n) is 4.87. The number of nitrogens with one attached hydrogen (secondary N) is 2. The second-order valence-corrected chi connectivity index (χ2v) is 3.42. The van der Waals surface area contributed by atoms with Crippen LogP contribution in [-0.2, 0) is 0 Å². The Balaban J connectivity index is 2.69. The lowest BCUT2D eigenvalue weighted by Crippen LogP contribution is -2.33. The number of aromatic nitrogens is 1. The molecule has 0 saturated heterocycles. The van der Waals surface area contributed by atoms with Gasteiger partial charge in [0.25, 0.3) is 5.91 Å². The van der Waals surface area contributed by atoms with Crippen molar-refractivity contribution in [3.8, 4) is 5.75 Å². The Hall–Kier alpha value is -2.34. The molecule has 0 spiro atoms. The summed E-state index contributed by atoms with van der Waals surface area (Å²) < 4.78 is 5.04. The third-order valence-corrected chi connectivity index (χ3v) is 2.46. The van der Waals surface area contributed by atoms with E-state index in [1.165, 1.54) is 13.3 Å². The summed E-state index contributed by atoms with van der Waals surface area (Å²) in [5.74, 6) is 5.00. The van der Waals surface area contributed by atoms with E-state index in [4.69, 9.17) is 10.6 Å². The molecule has 4 N–H and O–H groups in total. The molecule has 2 aromatic rings. The number of fused-ring (bicyclic) bond motifs is 1. The average molecular weight is 233 g/mol. The van der Waals surface area contributed by atoms with E-state index in [1.807, 2.05) is 5.43 Å². The van der Waals surface area contributed by atoms with Crippen LogP contribution in [0.5, 0.6) is 5.75 Å². The van der Waals surface area contributed by atoms with Crippen LogP contribution in [-0.4, -0.2) is 18.0 Å². The number of nitrogen functional groups attached to an aromatic ring is 1. The highest BCUT2D eigenvalue weighted by molar-refractivity contribution is 5.96. The summed E-state index contributed by atoms with van der Waals surface area (Å²) in [4.78, 5) is 26.1. The van der Waals surface area contributed by atoms with Crippen molar-refractivity contribution < 1.29 is 9.53 Å². The lowest BCUT2D eigenvalue weighted by atomic mass is 10.1. The fourth-order valence-corrected chi connectivity index (χ4v) is 1.57. The Labute approximate surface area is 96.4 Å². The Bertz CT molecular complexity index is 633. The maximum atomic E-state index is 12.0. The maximum Gasteiger partial charge on any atom is 0.270 e. The van der Waals surface area contributed by atoms with Gasteiger partial charge in [-0.25, -0.2) is 5.84 Å². The first-order valence-corrected chi connectivity index (χ1v) is 4.87. The van der Waals surface area contributed by atoms with Crippen molar-refractivity contribution in [3.05, 3.63) is 40.2 Å². The predicted octanol–water partition coefficient (Wildman–Crippen LogP) is 0.140. The highest BCUT2D eigenvalue weighted by Crippen LogP contribution is 2.16. The molecular formula is C11H11N3O3. The molecule has 1 aromatic carbocycles. The highest BCUT2D eigenvalue weighted by atomic mass is 16.5. The van der Waals surface area contributed by atoms with E-state index >= 15 is 0 Å². The first kappa shape index (κ1) is 11.2. The largest absolute Gasteiger partial charge is 0.497 e. The van der Waals surface area contributed by atoms with Crippen molar-refractivity contribution in [1.29, 1.82) is 0 Å². The van der Waals surface area contributed by atoms with Gasteiger partial charge < -0.3 is 9.72 Å². The summed E-state index contributed by atoms with van der Waals surface area (Å²) >= 11 is 0. The van der Waals surface area contributed by atoms with Crippen LogP contribution in [0.2, 0.25) is 0 Å². The normalized spacial score (nSPS) is 10.2. The van der Waals surface area contributed by atoms with E-state index < -0.39 is 5.91 Å². The fraction of sp³-hybridized carbons (Fsp3) is 0.0909. The molecule has 1 heterocycles. The van der Waals surface area contributed by atoms with Crippen LogP contribution in [0.1, 0.15) is 10.4 Å². The molecule has 1 aromatic heterocycles. The molecule has 0 saturated carbocycles. The van der Waals surface area contributed by atoms with Crippen LogP contribution in [0, 0.1) is 0 Å². The minimum absolute atomic E-state index is 0.0230. The summed E-state index contributed by atoms with van der Waals surface area (Å²) in [5, 5.41) is 0.409. The third-order valence-electron chi connectivity index (χ3n) is 2.46. The zero-order valence-electron chi connectivity index (χ0n) is 9.11. The summed E-state index contributed by atoms with van der Waals surface area (Å²) in [5.41, 5.74) is 2.13. The van der Waals surface area contributed by atoms with Crippen molar-refractivity contribution in [3.63, 3.8) is 0 Å². The highest BCUT2D eigenvalue weighted by Gasteiger charge is 2.11. The second kappa shape index (κ2) is 4.26. The van der Waals surface area contributed by atoms with Gasteiger partial charge in [-0.05, 0) is 12.1 Å². The molecule has 2 rings (SSSR count). The quantitative estimate of drug-likeness (QED) is 0.390. The van der Waals surface area contributed by atoms with Gasteiger partial charge in [0.2, 0.25) is 5.43 Å². The number of hydrogen-bond donors (Lipinski definition) is 3. The number of hydrazine groups is 1. The van der Waals surface area contributed by atoms with E-state index in [-0.39, 0.29) is 11.0 Å². The van der Waals surface area contributed by atoms with Gasteiger partial charge in [0, 0.05) is 17.6 Å². The van der Waals surface area contributed by atoms with E-state index in [9.17, 15) is 9.59 Å². The summed E-state index contributed by atoms with van der Waals surface area (Å²) in [6.07, 6.45) is 1.33. The smallest absolute Gasteiger partial charge is 0.270 e. The molecule has 0 aliphatic heterocycles. The van der Waals surface area contributed by atoms with E-state index in [1.54, 1.807) is 18.2 Å². The van der Waals surface area contributed by atoms with Gasteiger partial charge in [-0.2, -0.15) is 0 Å². The number of pyridine rings is 1. The van der Waals surface area contributed by atoms with Crippen molar-refractivity contribution in [2.75, 3.05) is 7.11 Å². The number of ether oxygens (including phenoxy) is 1. The third kappa shape index (κ3) is 1.85. The molecule has 1 amide bonds. The van der Waals surface area contributed by atoms with E-state index in [2.05, 4.69) is 4.98 Å². The van der Waals surface area contributed by atoms with Crippen LogP contribution < -0.4 is 21.4 Å². The van der Waals surface area contributed by atoms with Gasteiger partial charge >= 0.3 is 0 Å². The Morgan fingerprint density at radius 1 is 1.47 bits per heavy atom. The molecule has 0 aliphatic rings.